The number of piperazine rings is 1. The van der Waals surface area contributed by atoms with E-state index in [9.17, 15) is 4.79 Å². The molecule has 2 aromatic rings. The number of hydrogen-bond donors (Lipinski definition) is 0. The molecule has 0 N–H and O–H groups in total. The van der Waals surface area contributed by atoms with Crippen LogP contribution in [-0.4, -0.2) is 65.2 Å². The van der Waals surface area contributed by atoms with E-state index in [4.69, 9.17) is 14.0 Å². The van der Waals surface area contributed by atoms with E-state index in [0.717, 1.165) is 32.5 Å². The van der Waals surface area contributed by atoms with E-state index in [1.807, 2.05) is 35.2 Å². The molecule has 0 bridgehead atoms. The van der Waals surface area contributed by atoms with Crippen LogP contribution < -0.4 is 4.74 Å². The van der Waals surface area contributed by atoms with Crippen molar-refractivity contribution >= 4 is 5.91 Å². The summed E-state index contributed by atoms with van der Waals surface area (Å²) in [5, 5.41) is 4.06. The molecule has 2 fully saturated rings. The van der Waals surface area contributed by atoms with E-state index < -0.39 is 0 Å². The molecule has 8 nitrogen and oxygen atoms in total. The molecular formula is C19H24N4O4. The zero-order valence-corrected chi connectivity index (χ0v) is 15.2. The topological polar surface area (TPSA) is 80.9 Å². The van der Waals surface area contributed by atoms with Gasteiger partial charge in [-0.3, -0.25) is 9.69 Å². The second kappa shape index (κ2) is 8.49. The quantitative estimate of drug-likeness (QED) is 0.762. The molecule has 3 heterocycles. The number of aromatic nitrogens is 2. The van der Waals surface area contributed by atoms with E-state index in [-0.39, 0.29) is 18.6 Å². The monoisotopic (exact) mass is 372 g/mol. The molecule has 0 aliphatic carbocycles. The molecule has 1 aromatic carbocycles. The Morgan fingerprint density at radius 3 is 2.74 bits per heavy atom. The van der Waals surface area contributed by atoms with Gasteiger partial charge >= 0.3 is 0 Å². The Labute approximate surface area is 158 Å². The number of amides is 1. The molecule has 0 spiro atoms. The molecule has 1 atom stereocenters. The van der Waals surface area contributed by atoms with Crippen molar-refractivity contribution in [1.82, 2.24) is 19.9 Å². The Morgan fingerprint density at radius 2 is 2.00 bits per heavy atom. The largest absolute Gasteiger partial charge is 0.484 e. The fraction of sp³-hybridized carbons (Fsp3) is 0.526. The van der Waals surface area contributed by atoms with Crippen molar-refractivity contribution < 1.29 is 18.8 Å². The molecule has 0 unspecified atom stereocenters. The van der Waals surface area contributed by atoms with E-state index in [1.165, 1.54) is 0 Å². The van der Waals surface area contributed by atoms with Gasteiger partial charge in [-0.2, -0.15) is 4.98 Å². The number of carbonyl (C=O) groups is 1. The number of rotatable bonds is 6. The second-order valence-corrected chi connectivity index (χ2v) is 6.81. The molecule has 0 radical (unpaired) electrons. The fourth-order valence-corrected chi connectivity index (χ4v) is 3.34. The highest BCUT2D eigenvalue weighted by molar-refractivity contribution is 5.77. The number of para-hydroxylation sites is 1. The smallest absolute Gasteiger partial charge is 0.260 e. The average molecular weight is 372 g/mol. The minimum atomic E-state index is -0.0506. The Balaban J connectivity index is 1.21. The number of benzene rings is 1. The summed E-state index contributed by atoms with van der Waals surface area (Å²) in [5.74, 6) is 1.98. The van der Waals surface area contributed by atoms with Crippen molar-refractivity contribution in [3.63, 3.8) is 0 Å². The summed E-state index contributed by atoms with van der Waals surface area (Å²) in [5.41, 5.74) is 0. The van der Waals surface area contributed by atoms with Gasteiger partial charge in [0, 0.05) is 32.8 Å². The zero-order valence-electron chi connectivity index (χ0n) is 15.2. The summed E-state index contributed by atoms with van der Waals surface area (Å²) in [6, 6.07) is 9.39. The van der Waals surface area contributed by atoms with Crippen LogP contribution in [0, 0.1) is 0 Å². The van der Waals surface area contributed by atoms with Crippen LogP contribution in [0.5, 0.6) is 5.75 Å². The van der Waals surface area contributed by atoms with Gasteiger partial charge in [0.15, 0.2) is 12.4 Å². The van der Waals surface area contributed by atoms with Gasteiger partial charge in [0.1, 0.15) is 11.9 Å². The predicted molar refractivity (Wildman–Crippen MR) is 96.0 cm³/mol. The summed E-state index contributed by atoms with van der Waals surface area (Å²) < 4.78 is 16.4. The first-order chi connectivity index (χ1) is 13.3. The van der Waals surface area contributed by atoms with Crippen LogP contribution in [-0.2, 0) is 16.1 Å². The van der Waals surface area contributed by atoms with Crippen molar-refractivity contribution in [2.45, 2.75) is 25.5 Å². The SMILES string of the molecule is O=C(COc1ccccc1)N1CCN(Cc2noc([C@H]3CCCO3)n2)CC1. The van der Waals surface area contributed by atoms with Gasteiger partial charge in [-0.05, 0) is 25.0 Å². The Bertz CT molecular complexity index is 737. The van der Waals surface area contributed by atoms with Gasteiger partial charge in [0.25, 0.3) is 11.8 Å². The lowest BCUT2D eigenvalue weighted by Gasteiger charge is -2.34. The Kier molecular flexibility index (Phi) is 5.64. The third kappa shape index (κ3) is 4.64. The molecule has 144 valence electrons. The average Bonchev–Trinajstić information content (AvgIpc) is 3.39. The van der Waals surface area contributed by atoms with E-state index in [1.54, 1.807) is 0 Å². The highest BCUT2D eigenvalue weighted by Crippen LogP contribution is 2.27. The number of carbonyl (C=O) groups excluding carboxylic acids is 1. The second-order valence-electron chi connectivity index (χ2n) is 6.81. The lowest BCUT2D eigenvalue weighted by molar-refractivity contribution is -0.135. The van der Waals surface area contributed by atoms with E-state index >= 15 is 0 Å². The van der Waals surface area contributed by atoms with Crippen molar-refractivity contribution in [1.29, 1.82) is 0 Å². The number of nitrogens with zero attached hydrogens (tertiary/aromatic N) is 4. The predicted octanol–water partition coefficient (Wildman–Crippen LogP) is 1.64. The lowest BCUT2D eigenvalue weighted by atomic mass is 10.2. The van der Waals surface area contributed by atoms with Gasteiger partial charge in [0.05, 0.1) is 6.54 Å². The Morgan fingerprint density at radius 1 is 1.19 bits per heavy atom. The first-order valence-corrected chi connectivity index (χ1v) is 9.40. The van der Waals surface area contributed by atoms with E-state index in [0.29, 0.717) is 37.1 Å². The molecule has 27 heavy (non-hydrogen) atoms. The van der Waals surface area contributed by atoms with Gasteiger partial charge in [0.2, 0.25) is 0 Å². The maximum absolute atomic E-state index is 12.3. The van der Waals surface area contributed by atoms with Crippen LogP contribution in [0.1, 0.15) is 30.7 Å². The molecule has 0 saturated carbocycles. The first kappa shape index (κ1) is 17.9. The van der Waals surface area contributed by atoms with Crippen molar-refractivity contribution in [2.24, 2.45) is 0 Å². The minimum absolute atomic E-state index is 0.0127. The molecule has 1 aromatic heterocycles. The number of ether oxygens (including phenoxy) is 2. The van der Waals surface area contributed by atoms with Crippen LogP contribution in [0.4, 0.5) is 0 Å². The van der Waals surface area contributed by atoms with Gasteiger partial charge < -0.3 is 18.9 Å². The Hall–Kier alpha value is -2.45. The third-order valence-electron chi connectivity index (χ3n) is 4.88. The lowest BCUT2D eigenvalue weighted by Crippen LogP contribution is -2.49. The molecular weight excluding hydrogens is 348 g/mol. The fourth-order valence-electron chi connectivity index (χ4n) is 3.34. The van der Waals surface area contributed by atoms with Gasteiger partial charge in [-0.25, -0.2) is 0 Å². The normalized spacial score (nSPS) is 20.7. The highest BCUT2D eigenvalue weighted by atomic mass is 16.5. The zero-order chi connectivity index (χ0) is 18.5. The molecule has 4 rings (SSSR count). The van der Waals surface area contributed by atoms with Crippen LogP contribution in [0.15, 0.2) is 34.9 Å². The maximum Gasteiger partial charge on any atom is 0.260 e. The van der Waals surface area contributed by atoms with Crippen LogP contribution >= 0.6 is 0 Å². The molecule has 1 amide bonds. The summed E-state index contributed by atoms with van der Waals surface area (Å²) in [6.07, 6.45) is 1.92. The van der Waals surface area contributed by atoms with Crippen LogP contribution in [0.25, 0.3) is 0 Å². The van der Waals surface area contributed by atoms with Gasteiger partial charge in [-0.1, -0.05) is 23.4 Å². The third-order valence-corrected chi connectivity index (χ3v) is 4.88. The summed E-state index contributed by atoms with van der Waals surface area (Å²) in [7, 11) is 0. The van der Waals surface area contributed by atoms with Crippen molar-refractivity contribution in [3.8, 4) is 5.75 Å². The molecule has 2 saturated heterocycles. The molecule has 2 aliphatic rings. The maximum atomic E-state index is 12.3. The molecule has 8 heteroatoms. The summed E-state index contributed by atoms with van der Waals surface area (Å²) in [6.45, 7) is 4.35. The highest BCUT2D eigenvalue weighted by Gasteiger charge is 2.26. The summed E-state index contributed by atoms with van der Waals surface area (Å²) in [4.78, 5) is 20.8. The van der Waals surface area contributed by atoms with Crippen molar-refractivity contribution in [2.75, 3.05) is 39.4 Å². The van der Waals surface area contributed by atoms with Crippen molar-refractivity contribution in [3.05, 3.63) is 42.0 Å². The molecule has 2 aliphatic heterocycles. The van der Waals surface area contributed by atoms with Crippen LogP contribution in [0.3, 0.4) is 0 Å². The standard InChI is InChI=1S/C19H24N4O4/c24-18(14-26-15-5-2-1-3-6-15)23-10-8-22(9-11-23)13-17-20-19(27-21-17)16-7-4-12-25-16/h1-3,5-6,16H,4,7-14H2/t16-/m1/s1. The summed E-state index contributed by atoms with van der Waals surface area (Å²) >= 11 is 0. The van der Waals surface area contributed by atoms with E-state index in [2.05, 4.69) is 15.0 Å². The van der Waals surface area contributed by atoms with Gasteiger partial charge in [-0.15, -0.1) is 0 Å². The van der Waals surface area contributed by atoms with Crippen LogP contribution in [0.2, 0.25) is 0 Å². The minimum Gasteiger partial charge on any atom is -0.484 e. The first-order valence-electron chi connectivity index (χ1n) is 9.40. The number of hydrogen-bond acceptors (Lipinski definition) is 7.